The molecule has 18 heavy (non-hydrogen) atoms. The van der Waals surface area contributed by atoms with E-state index in [9.17, 15) is 9.59 Å². The fourth-order valence-electron chi connectivity index (χ4n) is 1.70. The normalized spacial score (nSPS) is 14.9. The van der Waals surface area contributed by atoms with Gasteiger partial charge in [0.15, 0.2) is 0 Å². The van der Waals surface area contributed by atoms with Gasteiger partial charge in [0.05, 0.1) is 5.70 Å². The first-order valence-corrected chi connectivity index (χ1v) is 5.79. The van der Waals surface area contributed by atoms with Crippen molar-refractivity contribution in [2.24, 2.45) is 5.84 Å². The Bertz CT molecular complexity index is 447. The number of nitrogens with two attached hydrogens (primary N) is 1. The van der Waals surface area contributed by atoms with Crippen LogP contribution in [0.5, 0.6) is 0 Å². The van der Waals surface area contributed by atoms with Crippen molar-refractivity contribution in [2.45, 2.75) is 26.7 Å². The van der Waals surface area contributed by atoms with Crippen LogP contribution in [-0.2, 0) is 9.59 Å². The number of carbonyl (C=O) groups excluding carboxylic acids is 2. The Morgan fingerprint density at radius 1 is 1.39 bits per heavy atom. The van der Waals surface area contributed by atoms with Gasteiger partial charge >= 0.3 is 0 Å². The molecule has 0 spiro atoms. The molecule has 0 radical (unpaired) electrons. The van der Waals surface area contributed by atoms with Crippen molar-refractivity contribution in [3.05, 3.63) is 35.1 Å². The molecule has 0 aliphatic heterocycles. The monoisotopic (exact) mass is 249 g/mol. The number of hydrazine groups is 1. The number of hydrogen-bond acceptors (Lipinski definition) is 4. The predicted molar refractivity (Wildman–Crippen MR) is 70.2 cm³/mol. The van der Waals surface area contributed by atoms with Crippen molar-refractivity contribution in [1.29, 1.82) is 0 Å². The second kappa shape index (κ2) is 6.16. The van der Waals surface area contributed by atoms with Crippen LogP contribution in [-0.4, -0.2) is 18.2 Å². The van der Waals surface area contributed by atoms with Gasteiger partial charge in [-0.2, -0.15) is 0 Å². The smallest absolute Gasteiger partial charge is 0.294 e. The van der Waals surface area contributed by atoms with Crippen LogP contribution in [0.2, 0.25) is 0 Å². The summed E-state index contributed by atoms with van der Waals surface area (Å²) in [7, 11) is 0. The quantitative estimate of drug-likeness (QED) is 0.290. The summed E-state index contributed by atoms with van der Waals surface area (Å²) >= 11 is 0. The Hall–Kier alpha value is -1.88. The Kier molecular flexibility index (Phi) is 4.85. The molecule has 0 atom stereocenters. The molecule has 4 N–H and O–H groups in total. The van der Waals surface area contributed by atoms with Crippen molar-refractivity contribution in [1.82, 2.24) is 10.7 Å². The minimum absolute atomic E-state index is 0.117. The molecule has 98 valence electrons. The van der Waals surface area contributed by atoms with E-state index in [1.807, 2.05) is 6.92 Å². The molecule has 1 aliphatic rings. The van der Waals surface area contributed by atoms with E-state index in [1.54, 1.807) is 0 Å². The number of nitrogens with one attached hydrogen (secondary N) is 2. The van der Waals surface area contributed by atoms with Gasteiger partial charge < -0.3 is 10.7 Å². The largest absolute Gasteiger partial charge is 0.345 e. The summed E-state index contributed by atoms with van der Waals surface area (Å²) < 4.78 is 0. The molecule has 0 fully saturated rings. The van der Waals surface area contributed by atoms with Gasteiger partial charge in [-0.1, -0.05) is 23.8 Å². The van der Waals surface area contributed by atoms with E-state index in [2.05, 4.69) is 30.3 Å². The average Bonchev–Trinajstić information content (AvgIpc) is 2.37. The van der Waals surface area contributed by atoms with E-state index < -0.39 is 11.7 Å². The molecular weight excluding hydrogens is 230 g/mol. The highest BCUT2D eigenvalue weighted by atomic mass is 16.2. The van der Waals surface area contributed by atoms with Crippen LogP contribution in [0.15, 0.2) is 35.1 Å². The summed E-state index contributed by atoms with van der Waals surface area (Å²) in [5.74, 6) is 3.58. The van der Waals surface area contributed by atoms with Crippen molar-refractivity contribution in [2.75, 3.05) is 6.54 Å². The topological polar surface area (TPSA) is 84.2 Å². The van der Waals surface area contributed by atoms with E-state index >= 15 is 0 Å². The van der Waals surface area contributed by atoms with Crippen LogP contribution in [0.1, 0.15) is 26.7 Å². The zero-order valence-electron chi connectivity index (χ0n) is 10.8. The highest BCUT2D eigenvalue weighted by Gasteiger charge is 2.17. The first kappa shape index (κ1) is 14.2. The maximum absolute atomic E-state index is 11.5. The maximum atomic E-state index is 11.5. The number of carbonyl (C=O) groups is 2. The lowest BCUT2D eigenvalue weighted by molar-refractivity contribution is -0.135. The number of Topliss-reactive ketones (excluding diaryl/α,β-unsaturated/α-hetero) is 1. The number of hydrogen-bond donors (Lipinski definition) is 3. The van der Waals surface area contributed by atoms with E-state index in [-0.39, 0.29) is 5.70 Å². The number of rotatable bonds is 5. The summed E-state index contributed by atoms with van der Waals surface area (Å²) in [6, 6.07) is 0. The van der Waals surface area contributed by atoms with Gasteiger partial charge in [0, 0.05) is 6.54 Å². The molecule has 0 aromatic heterocycles. The van der Waals surface area contributed by atoms with Gasteiger partial charge in [0.25, 0.3) is 11.7 Å². The zero-order chi connectivity index (χ0) is 13.7. The first-order valence-electron chi connectivity index (χ1n) is 5.79. The minimum atomic E-state index is -0.743. The molecule has 0 heterocycles. The minimum Gasteiger partial charge on any atom is -0.345 e. The van der Waals surface area contributed by atoms with Gasteiger partial charge in [-0.3, -0.25) is 15.4 Å². The Balaban J connectivity index is 2.58. The van der Waals surface area contributed by atoms with Crippen LogP contribution in [0.4, 0.5) is 0 Å². The van der Waals surface area contributed by atoms with Gasteiger partial charge in [-0.25, -0.2) is 0 Å². The first-order chi connectivity index (χ1) is 8.45. The van der Waals surface area contributed by atoms with Crippen LogP contribution >= 0.6 is 0 Å². The second-order valence-electron chi connectivity index (χ2n) is 4.43. The SMILES string of the molecule is C=C(NN)C(=O)C(=O)NCC1=C(C)CCC(C)=C1. The highest BCUT2D eigenvalue weighted by molar-refractivity contribution is 6.42. The van der Waals surface area contributed by atoms with E-state index in [0.29, 0.717) is 6.54 Å². The lowest BCUT2D eigenvalue weighted by Crippen LogP contribution is -2.38. The van der Waals surface area contributed by atoms with E-state index in [0.717, 1.165) is 18.4 Å². The zero-order valence-corrected chi connectivity index (χ0v) is 10.8. The molecule has 1 aliphatic carbocycles. The van der Waals surface area contributed by atoms with Gasteiger partial charge in [-0.15, -0.1) is 0 Å². The van der Waals surface area contributed by atoms with E-state index in [1.165, 1.54) is 11.1 Å². The number of ketones is 1. The second-order valence-corrected chi connectivity index (χ2v) is 4.43. The Morgan fingerprint density at radius 2 is 2.06 bits per heavy atom. The molecule has 1 rings (SSSR count). The molecular formula is C13H19N3O2. The third-order valence-electron chi connectivity index (χ3n) is 2.96. The summed E-state index contributed by atoms with van der Waals surface area (Å²) in [5, 5.41) is 2.57. The Morgan fingerprint density at radius 3 is 2.67 bits per heavy atom. The molecule has 0 aromatic carbocycles. The predicted octanol–water partition coefficient (Wildman–Crippen LogP) is 0.705. The fourth-order valence-corrected chi connectivity index (χ4v) is 1.70. The molecule has 0 aromatic rings. The summed E-state index contributed by atoms with van der Waals surface area (Å²) in [5.41, 5.74) is 5.54. The third kappa shape index (κ3) is 3.56. The van der Waals surface area contributed by atoms with Crippen LogP contribution < -0.4 is 16.6 Å². The van der Waals surface area contributed by atoms with Crippen molar-refractivity contribution in [3.8, 4) is 0 Å². The van der Waals surface area contributed by atoms with E-state index in [4.69, 9.17) is 5.84 Å². The van der Waals surface area contributed by atoms with Crippen LogP contribution in [0.3, 0.4) is 0 Å². The lowest BCUT2D eigenvalue weighted by Gasteiger charge is -2.16. The molecule has 0 bridgehead atoms. The summed E-state index contributed by atoms with van der Waals surface area (Å²) in [4.78, 5) is 22.9. The summed E-state index contributed by atoms with van der Waals surface area (Å²) in [6.45, 7) is 7.79. The van der Waals surface area contributed by atoms with Crippen molar-refractivity contribution < 1.29 is 9.59 Å². The third-order valence-corrected chi connectivity index (χ3v) is 2.96. The number of allylic oxidation sites excluding steroid dienone is 2. The Labute approximate surface area is 107 Å². The van der Waals surface area contributed by atoms with Crippen molar-refractivity contribution in [3.63, 3.8) is 0 Å². The molecule has 5 heteroatoms. The summed E-state index contributed by atoms with van der Waals surface area (Å²) in [6.07, 6.45) is 4.11. The molecule has 0 saturated heterocycles. The molecule has 0 unspecified atom stereocenters. The fraction of sp³-hybridized carbons (Fsp3) is 0.385. The van der Waals surface area contributed by atoms with Crippen LogP contribution in [0, 0.1) is 0 Å². The average molecular weight is 249 g/mol. The highest BCUT2D eigenvalue weighted by Crippen LogP contribution is 2.22. The maximum Gasteiger partial charge on any atom is 0.294 e. The van der Waals surface area contributed by atoms with Crippen molar-refractivity contribution >= 4 is 11.7 Å². The number of amides is 1. The molecule has 0 saturated carbocycles. The lowest BCUT2D eigenvalue weighted by atomic mass is 9.94. The van der Waals surface area contributed by atoms with Gasteiger partial charge in [-0.05, 0) is 32.3 Å². The van der Waals surface area contributed by atoms with Gasteiger partial charge in [0.1, 0.15) is 0 Å². The van der Waals surface area contributed by atoms with Crippen LogP contribution in [0.25, 0.3) is 0 Å². The standard InChI is InChI=1S/C13H19N3O2/c1-8-4-5-9(2)11(6-8)7-15-13(18)12(17)10(3)16-14/h6,16H,3-5,7,14H2,1-2H3,(H,15,18). The molecule has 5 nitrogen and oxygen atoms in total. The molecule has 1 amide bonds. The van der Waals surface area contributed by atoms with Gasteiger partial charge in [0.2, 0.25) is 0 Å².